The second kappa shape index (κ2) is 4.11. The molecule has 1 aromatic rings. The van der Waals surface area contributed by atoms with Crippen molar-refractivity contribution in [2.45, 2.75) is 37.3 Å². The molecule has 0 atom stereocenters. The Morgan fingerprint density at radius 1 is 1.12 bits per heavy atom. The standard InChI is InChI=1S/C12H15F2NO/c13-9-5-8(6-10(14)7-9)12(15)3-1-11(16)2-4-12/h5-7,11,16H,1-4,15H2. The molecule has 1 saturated carbocycles. The molecule has 0 saturated heterocycles. The average Bonchev–Trinajstić information content (AvgIpc) is 2.21. The monoisotopic (exact) mass is 227 g/mol. The minimum atomic E-state index is -0.706. The van der Waals surface area contributed by atoms with Crippen molar-refractivity contribution in [3.63, 3.8) is 0 Å². The lowest BCUT2D eigenvalue weighted by atomic mass is 9.76. The van der Waals surface area contributed by atoms with Crippen LogP contribution in [0.2, 0.25) is 0 Å². The SMILES string of the molecule is NC1(c2cc(F)cc(F)c2)CCC(O)CC1. The fraction of sp³-hybridized carbons (Fsp3) is 0.500. The zero-order valence-electron chi connectivity index (χ0n) is 8.92. The lowest BCUT2D eigenvalue weighted by Gasteiger charge is -2.36. The number of benzene rings is 1. The Labute approximate surface area is 93.1 Å². The summed E-state index contributed by atoms with van der Waals surface area (Å²) in [4.78, 5) is 0. The first-order valence-electron chi connectivity index (χ1n) is 5.43. The van der Waals surface area contributed by atoms with E-state index in [1.165, 1.54) is 12.1 Å². The Bertz CT molecular complexity index is 366. The smallest absolute Gasteiger partial charge is 0.126 e. The quantitative estimate of drug-likeness (QED) is 0.771. The molecule has 1 aromatic carbocycles. The molecule has 1 aliphatic carbocycles. The highest BCUT2D eigenvalue weighted by atomic mass is 19.1. The van der Waals surface area contributed by atoms with E-state index in [1.807, 2.05) is 0 Å². The van der Waals surface area contributed by atoms with Crippen molar-refractivity contribution in [3.05, 3.63) is 35.4 Å². The Hall–Kier alpha value is -1.00. The van der Waals surface area contributed by atoms with Gasteiger partial charge < -0.3 is 10.8 Å². The summed E-state index contributed by atoms with van der Waals surface area (Å²) in [5.74, 6) is -1.21. The van der Waals surface area contributed by atoms with E-state index in [1.54, 1.807) is 0 Å². The van der Waals surface area contributed by atoms with Crippen LogP contribution in [-0.2, 0) is 5.54 Å². The van der Waals surface area contributed by atoms with Gasteiger partial charge in [0.15, 0.2) is 0 Å². The summed E-state index contributed by atoms with van der Waals surface area (Å²) in [7, 11) is 0. The molecule has 88 valence electrons. The molecule has 0 bridgehead atoms. The van der Waals surface area contributed by atoms with Crippen LogP contribution in [0.3, 0.4) is 0 Å². The van der Waals surface area contributed by atoms with Gasteiger partial charge in [0.2, 0.25) is 0 Å². The van der Waals surface area contributed by atoms with Gasteiger partial charge in [-0.2, -0.15) is 0 Å². The summed E-state index contributed by atoms with van der Waals surface area (Å²) in [6, 6.07) is 3.39. The van der Waals surface area contributed by atoms with Crippen LogP contribution in [0.15, 0.2) is 18.2 Å². The van der Waals surface area contributed by atoms with E-state index in [0.29, 0.717) is 31.2 Å². The second-order valence-electron chi connectivity index (χ2n) is 4.55. The number of nitrogens with two attached hydrogens (primary N) is 1. The first-order chi connectivity index (χ1) is 7.49. The third-order valence-corrected chi connectivity index (χ3v) is 3.28. The first-order valence-corrected chi connectivity index (χ1v) is 5.43. The molecular formula is C12H15F2NO. The van der Waals surface area contributed by atoms with Crippen LogP contribution in [0.25, 0.3) is 0 Å². The van der Waals surface area contributed by atoms with Gasteiger partial charge in [0.05, 0.1) is 6.10 Å². The summed E-state index contributed by atoms with van der Waals surface area (Å²) in [6.45, 7) is 0. The van der Waals surface area contributed by atoms with Gasteiger partial charge in [-0.15, -0.1) is 0 Å². The third-order valence-electron chi connectivity index (χ3n) is 3.28. The Morgan fingerprint density at radius 2 is 1.62 bits per heavy atom. The fourth-order valence-corrected chi connectivity index (χ4v) is 2.25. The second-order valence-corrected chi connectivity index (χ2v) is 4.55. The predicted octanol–water partition coefficient (Wildman–Crippen LogP) is 2.05. The molecule has 0 unspecified atom stereocenters. The molecular weight excluding hydrogens is 212 g/mol. The third kappa shape index (κ3) is 2.23. The van der Waals surface area contributed by atoms with Crippen LogP contribution in [0.5, 0.6) is 0 Å². The Balaban J connectivity index is 2.28. The molecule has 0 radical (unpaired) electrons. The number of hydrogen-bond acceptors (Lipinski definition) is 2. The Kier molecular flexibility index (Phi) is 2.95. The molecule has 0 aromatic heterocycles. The van der Waals surface area contributed by atoms with Crippen molar-refractivity contribution >= 4 is 0 Å². The summed E-state index contributed by atoms with van der Waals surface area (Å²) in [5.41, 5.74) is 5.91. The number of aliphatic hydroxyl groups is 1. The summed E-state index contributed by atoms with van der Waals surface area (Å²) < 4.78 is 26.2. The topological polar surface area (TPSA) is 46.2 Å². The lowest BCUT2D eigenvalue weighted by molar-refractivity contribution is 0.0967. The van der Waals surface area contributed by atoms with E-state index in [0.717, 1.165) is 6.07 Å². The van der Waals surface area contributed by atoms with Crippen molar-refractivity contribution in [2.24, 2.45) is 5.73 Å². The summed E-state index contributed by atoms with van der Waals surface area (Å²) in [5, 5.41) is 9.39. The van der Waals surface area contributed by atoms with Gasteiger partial charge >= 0.3 is 0 Å². The highest BCUT2D eigenvalue weighted by molar-refractivity contribution is 5.26. The predicted molar refractivity (Wildman–Crippen MR) is 56.7 cm³/mol. The summed E-state index contributed by atoms with van der Waals surface area (Å²) >= 11 is 0. The van der Waals surface area contributed by atoms with E-state index in [9.17, 15) is 13.9 Å². The molecule has 0 aliphatic heterocycles. The highest BCUT2D eigenvalue weighted by Gasteiger charge is 2.33. The minimum absolute atomic E-state index is 0.338. The molecule has 1 fully saturated rings. The Morgan fingerprint density at radius 3 is 2.12 bits per heavy atom. The number of hydrogen-bond donors (Lipinski definition) is 2. The molecule has 1 aliphatic rings. The lowest BCUT2D eigenvalue weighted by Crippen LogP contribution is -2.41. The molecule has 0 amide bonds. The maximum atomic E-state index is 13.1. The van der Waals surface area contributed by atoms with Gasteiger partial charge in [0.1, 0.15) is 11.6 Å². The van der Waals surface area contributed by atoms with Gasteiger partial charge in [-0.05, 0) is 43.4 Å². The summed E-state index contributed by atoms with van der Waals surface area (Å²) in [6.07, 6.45) is 1.92. The molecule has 3 N–H and O–H groups in total. The zero-order chi connectivity index (χ0) is 11.8. The number of aliphatic hydroxyl groups excluding tert-OH is 1. The van der Waals surface area contributed by atoms with E-state index in [4.69, 9.17) is 5.73 Å². The van der Waals surface area contributed by atoms with Gasteiger partial charge in [0, 0.05) is 11.6 Å². The van der Waals surface area contributed by atoms with E-state index < -0.39 is 17.2 Å². The first kappa shape index (κ1) is 11.5. The molecule has 0 heterocycles. The number of rotatable bonds is 1. The van der Waals surface area contributed by atoms with Crippen molar-refractivity contribution in [2.75, 3.05) is 0 Å². The van der Waals surface area contributed by atoms with Crippen LogP contribution in [0.1, 0.15) is 31.2 Å². The average molecular weight is 227 g/mol. The van der Waals surface area contributed by atoms with Crippen LogP contribution in [0, 0.1) is 11.6 Å². The van der Waals surface area contributed by atoms with Crippen LogP contribution in [0.4, 0.5) is 8.78 Å². The van der Waals surface area contributed by atoms with Crippen LogP contribution in [-0.4, -0.2) is 11.2 Å². The van der Waals surface area contributed by atoms with Gasteiger partial charge in [0.25, 0.3) is 0 Å². The van der Waals surface area contributed by atoms with E-state index >= 15 is 0 Å². The molecule has 2 nitrogen and oxygen atoms in total. The molecule has 16 heavy (non-hydrogen) atoms. The zero-order valence-corrected chi connectivity index (χ0v) is 8.92. The van der Waals surface area contributed by atoms with Crippen molar-refractivity contribution < 1.29 is 13.9 Å². The molecule has 4 heteroatoms. The maximum absolute atomic E-state index is 13.1. The maximum Gasteiger partial charge on any atom is 0.126 e. The van der Waals surface area contributed by atoms with Crippen molar-refractivity contribution in [1.82, 2.24) is 0 Å². The van der Waals surface area contributed by atoms with Crippen LogP contribution >= 0.6 is 0 Å². The number of halogens is 2. The van der Waals surface area contributed by atoms with Crippen molar-refractivity contribution in [1.29, 1.82) is 0 Å². The van der Waals surface area contributed by atoms with E-state index in [-0.39, 0.29) is 6.10 Å². The fourth-order valence-electron chi connectivity index (χ4n) is 2.25. The minimum Gasteiger partial charge on any atom is -0.393 e. The molecule has 0 spiro atoms. The van der Waals surface area contributed by atoms with Gasteiger partial charge in [-0.1, -0.05) is 0 Å². The normalized spacial score (nSPS) is 30.4. The largest absolute Gasteiger partial charge is 0.393 e. The molecule has 2 rings (SSSR count). The van der Waals surface area contributed by atoms with Crippen molar-refractivity contribution in [3.8, 4) is 0 Å². The highest BCUT2D eigenvalue weighted by Crippen LogP contribution is 2.35. The van der Waals surface area contributed by atoms with Gasteiger partial charge in [-0.3, -0.25) is 0 Å². The van der Waals surface area contributed by atoms with Gasteiger partial charge in [-0.25, -0.2) is 8.78 Å². The van der Waals surface area contributed by atoms with E-state index in [2.05, 4.69) is 0 Å². The van der Waals surface area contributed by atoms with Crippen LogP contribution < -0.4 is 5.73 Å².